The van der Waals surface area contributed by atoms with Crippen LogP contribution in [0.2, 0.25) is 0 Å². The lowest BCUT2D eigenvalue weighted by Crippen LogP contribution is -2.35. The van der Waals surface area contributed by atoms with Crippen molar-refractivity contribution in [3.63, 3.8) is 0 Å². The van der Waals surface area contributed by atoms with Crippen molar-refractivity contribution < 1.29 is 9.53 Å². The lowest BCUT2D eigenvalue weighted by Gasteiger charge is -2.30. The van der Waals surface area contributed by atoms with E-state index in [1.807, 2.05) is 12.1 Å². The molecule has 3 rings (SSSR count). The molecule has 2 aromatic rings. The fraction of sp³-hybridized carbons (Fsp3) is 0.467. The van der Waals surface area contributed by atoms with E-state index in [1.165, 1.54) is 7.11 Å². The van der Waals surface area contributed by atoms with Gasteiger partial charge in [-0.1, -0.05) is 11.3 Å². The number of esters is 1. The average molecular weight is 305 g/mol. The molecule has 6 heteroatoms. The van der Waals surface area contributed by atoms with Gasteiger partial charge in [0.15, 0.2) is 5.13 Å². The molecule has 1 fully saturated rings. The van der Waals surface area contributed by atoms with Gasteiger partial charge in [0.1, 0.15) is 0 Å². The number of aromatic nitrogens is 1. The van der Waals surface area contributed by atoms with Gasteiger partial charge < -0.3 is 15.4 Å². The minimum absolute atomic E-state index is 0.310. The maximum Gasteiger partial charge on any atom is 0.337 e. The normalized spacial score (nSPS) is 16.4. The third-order valence-corrected chi connectivity index (χ3v) is 5.10. The molecule has 0 radical (unpaired) electrons. The molecule has 0 saturated carbocycles. The number of hydrogen-bond acceptors (Lipinski definition) is 6. The van der Waals surface area contributed by atoms with E-state index in [4.69, 9.17) is 10.5 Å². The number of nitrogens with two attached hydrogens (primary N) is 1. The summed E-state index contributed by atoms with van der Waals surface area (Å²) in [5.74, 6) is 0.331. The third kappa shape index (κ3) is 2.87. The number of anilines is 1. The number of nitrogens with zero attached hydrogens (tertiary/aromatic N) is 2. The highest BCUT2D eigenvalue weighted by atomic mass is 32.1. The molecule has 1 aliphatic rings. The Labute approximate surface area is 127 Å². The summed E-state index contributed by atoms with van der Waals surface area (Å²) >= 11 is 1.63. The van der Waals surface area contributed by atoms with Crippen LogP contribution in [0, 0.1) is 5.92 Å². The van der Waals surface area contributed by atoms with Crippen LogP contribution in [0.3, 0.4) is 0 Å². The van der Waals surface area contributed by atoms with Crippen molar-refractivity contribution in [2.75, 3.05) is 31.6 Å². The van der Waals surface area contributed by atoms with Crippen LogP contribution < -0.4 is 10.6 Å². The molecule has 1 aromatic carbocycles. The predicted molar refractivity (Wildman–Crippen MR) is 85.0 cm³/mol. The topological polar surface area (TPSA) is 68.5 Å². The smallest absolute Gasteiger partial charge is 0.337 e. The molecule has 0 aliphatic carbocycles. The number of ether oxygens (including phenoxy) is 1. The molecule has 1 saturated heterocycles. The molecule has 2 N–H and O–H groups in total. The van der Waals surface area contributed by atoms with Gasteiger partial charge in [-0.25, -0.2) is 9.78 Å². The lowest BCUT2D eigenvalue weighted by molar-refractivity contribution is 0.0601. The summed E-state index contributed by atoms with van der Waals surface area (Å²) in [6.07, 6.45) is 2.25. The first-order chi connectivity index (χ1) is 10.2. The SMILES string of the molecule is COC(=O)c1ccc2nc(N3CCC(CN)CC3)sc2c1. The molecule has 21 heavy (non-hydrogen) atoms. The van der Waals surface area contributed by atoms with Crippen LogP contribution in [-0.4, -0.2) is 37.7 Å². The molecule has 1 aliphatic heterocycles. The van der Waals surface area contributed by atoms with E-state index in [0.717, 1.165) is 47.8 Å². The second kappa shape index (κ2) is 5.99. The van der Waals surface area contributed by atoms with E-state index < -0.39 is 0 Å². The van der Waals surface area contributed by atoms with Crippen molar-refractivity contribution in [3.8, 4) is 0 Å². The Balaban J connectivity index is 1.83. The Morgan fingerprint density at radius 2 is 2.24 bits per heavy atom. The first-order valence-corrected chi connectivity index (χ1v) is 7.97. The van der Waals surface area contributed by atoms with E-state index in [1.54, 1.807) is 17.4 Å². The van der Waals surface area contributed by atoms with Gasteiger partial charge in [0.2, 0.25) is 0 Å². The number of methoxy groups -OCH3 is 1. The van der Waals surface area contributed by atoms with Gasteiger partial charge in [-0.3, -0.25) is 0 Å². The Bertz CT molecular complexity index is 647. The highest BCUT2D eigenvalue weighted by Crippen LogP contribution is 2.32. The molecular formula is C15H19N3O2S. The highest BCUT2D eigenvalue weighted by Gasteiger charge is 2.21. The number of rotatable bonds is 3. The Hall–Kier alpha value is -1.66. The summed E-state index contributed by atoms with van der Waals surface area (Å²) < 4.78 is 5.78. The molecule has 5 nitrogen and oxygen atoms in total. The van der Waals surface area contributed by atoms with Gasteiger partial charge in [0.05, 0.1) is 22.9 Å². The standard InChI is InChI=1S/C15H19N3O2S/c1-20-14(19)11-2-3-12-13(8-11)21-15(17-12)18-6-4-10(9-16)5-7-18/h2-3,8,10H,4-7,9,16H2,1H3. The maximum atomic E-state index is 11.6. The van der Waals surface area contributed by atoms with Crippen LogP contribution >= 0.6 is 11.3 Å². The van der Waals surface area contributed by atoms with Gasteiger partial charge in [-0.15, -0.1) is 0 Å². The van der Waals surface area contributed by atoms with Crippen molar-refractivity contribution in [1.82, 2.24) is 4.98 Å². The minimum atomic E-state index is -0.310. The van der Waals surface area contributed by atoms with E-state index in [0.29, 0.717) is 11.5 Å². The zero-order valence-corrected chi connectivity index (χ0v) is 12.9. The monoisotopic (exact) mass is 305 g/mol. The number of thiazole rings is 1. The molecule has 0 unspecified atom stereocenters. The summed E-state index contributed by atoms with van der Waals surface area (Å²) in [4.78, 5) is 18.6. The van der Waals surface area contributed by atoms with E-state index >= 15 is 0 Å². The van der Waals surface area contributed by atoms with Crippen LogP contribution in [0.25, 0.3) is 10.2 Å². The Kier molecular flexibility index (Phi) is 4.07. The largest absolute Gasteiger partial charge is 0.465 e. The fourth-order valence-corrected chi connectivity index (χ4v) is 3.71. The van der Waals surface area contributed by atoms with E-state index in [2.05, 4.69) is 9.88 Å². The molecule has 0 bridgehead atoms. The van der Waals surface area contributed by atoms with Gasteiger partial charge >= 0.3 is 5.97 Å². The zero-order valence-electron chi connectivity index (χ0n) is 12.0. The fourth-order valence-electron chi connectivity index (χ4n) is 2.65. The van der Waals surface area contributed by atoms with Crippen molar-refractivity contribution in [3.05, 3.63) is 23.8 Å². The van der Waals surface area contributed by atoms with Crippen LogP contribution in [0.15, 0.2) is 18.2 Å². The first-order valence-electron chi connectivity index (χ1n) is 7.15. The summed E-state index contributed by atoms with van der Waals surface area (Å²) in [5, 5.41) is 1.03. The highest BCUT2D eigenvalue weighted by molar-refractivity contribution is 7.22. The number of hydrogen-bond donors (Lipinski definition) is 1. The third-order valence-electron chi connectivity index (χ3n) is 4.02. The molecule has 0 amide bonds. The molecular weight excluding hydrogens is 286 g/mol. The van der Waals surface area contributed by atoms with Crippen LogP contribution in [0.1, 0.15) is 23.2 Å². The van der Waals surface area contributed by atoms with Crippen molar-refractivity contribution >= 4 is 32.7 Å². The number of benzene rings is 1. The van der Waals surface area contributed by atoms with Crippen molar-refractivity contribution in [1.29, 1.82) is 0 Å². The summed E-state index contributed by atoms with van der Waals surface area (Å²) in [6.45, 7) is 2.78. The molecule has 112 valence electrons. The summed E-state index contributed by atoms with van der Waals surface area (Å²) in [5.41, 5.74) is 7.24. The van der Waals surface area contributed by atoms with E-state index in [9.17, 15) is 4.79 Å². The first kappa shape index (κ1) is 14.3. The number of piperidine rings is 1. The minimum Gasteiger partial charge on any atom is -0.465 e. The van der Waals surface area contributed by atoms with Gasteiger partial charge in [-0.2, -0.15) is 0 Å². The predicted octanol–water partition coefficient (Wildman–Crippen LogP) is 2.26. The lowest BCUT2D eigenvalue weighted by atomic mass is 9.98. The number of carbonyl (C=O) groups excluding carboxylic acids is 1. The van der Waals surface area contributed by atoms with Gasteiger partial charge in [0.25, 0.3) is 0 Å². The average Bonchev–Trinajstić information content (AvgIpc) is 2.97. The molecule has 1 aromatic heterocycles. The van der Waals surface area contributed by atoms with Crippen molar-refractivity contribution in [2.24, 2.45) is 11.7 Å². The summed E-state index contributed by atoms with van der Waals surface area (Å²) in [7, 11) is 1.40. The second-order valence-corrected chi connectivity index (χ2v) is 6.35. The van der Waals surface area contributed by atoms with Crippen molar-refractivity contribution in [2.45, 2.75) is 12.8 Å². The van der Waals surface area contributed by atoms with Gasteiger partial charge in [-0.05, 0) is 43.5 Å². The van der Waals surface area contributed by atoms with Crippen LogP contribution in [0.4, 0.5) is 5.13 Å². The molecule has 0 spiro atoms. The van der Waals surface area contributed by atoms with Gasteiger partial charge in [0, 0.05) is 13.1 Å². The van der Waals surface area contributed by atoms with Crippen LogP contribution in [-0.2, 0) is 4.74 Å². The zero-order chi connectivity index (χ0) is 14.8. The Morgan fingerprint density at radius 1 is 1.48 bits per heavy atom. The van der Waals surface area contributed by atoms with E-state index in [-0.39, 0.29) is 5.97 Å². The molecule has 0 atom stereocenters. The number of carbonyl (C=O) groups is 1. The summed E-state index contributed by atoms with van der Waals surface area (Å²) in [6, 6.07) is 5.50. The number of fused-ring (bicyclic) bond motifs is 1. The Morgan fingerprint density at radius 3 is 2.90 bits per heavy atom. The maximum absolute atomic E-state index is 11.6. The quantitative estimate of drug-likeness (QED) is 0.881. The van der Waals surface area contributed by atoms with Crippen LogP contribution in [0.5, 0.6) is 0 Å². The second-order valence-electron chi connectivity index (χ2n) is 5.34. The molecule has 2 heterocycles.